The second-order valence-electron chi connectivity index (χ2n) is 4.40. The zero-order valence-corrected chi connectivity index (χ0v) is 10.4. The molecule has 1 aromatic carbocycles. The number of rotatable bonds is 5. The van der Waals surface area contributed by atoms with Gasteiger partial charge in [-0.2, -0.15) is 0 Å². The maximum atomic E-state index is 9.35. The fraction of sp³-hybridized carbons (Fsp3) is 0.538. The number of aliphatic hydroxyl groups excluding tert-OH is 1. The minimum atomic E-state index is -0.0145. The number of thioether (sulfide) groups is 1. The van der Waals surface area contributed by atoms with E-state index in [9.17, 15) is 5.11 Å². The molecule has 0 aromatic heterocycles. The monoisotopic (exact) mass is 238 g/mol. The standard InChI is InChI=1S/C13H18O2S/c1-2-16-12-5-3-11(4-6-12)7-13(8-14)9-15-10-13/h3-6,14H,2,7-10H2,1H3. The highest BCUT2D eigenvalue weighted by molar-refractivity contribution is 7.99. The van der Waals surface area contributed by atoms with Crippen molar-refractivity contribution in [2.75, 3.05) is 25.6 Å². The lowest BCUT2D eigenvalue weighted by atomic mass is 9.81. The molecule has 1 saturated heterocycles. The van der Waals surface area contributed by atoms with Gasteiger partial charge < -0.3 is 9.84 Å². The molecule has 1 heterocycles. The molecule has 1 aliphatic rings. The molecule has 0 unspecified atom stereocenters. The summed E-state index contributed by atoms with van der Waals surface area (Å²) in [4.78, 5) is 1.31. The van der Waals surface area contributed by atoms with Crippen LogP contribution >= 0.6 is 11.8 Å². The average molecular weight is 238 g/mol. The molecule has 0 radical (unpaired) electrons. The number of benzene rings is 1. The first-order chi connectivity index (χ1) is 7.78. The van der Waals surface area contributed by atoms with E-state index in [-0.39, 0.29) is 12.0 Å². The van der Waals surface area contributed by atoms with Crippen LogP contribution in [0.1, 0.15) is 12.5 Å². The molecule has 1 aromatic rings. The van der Waals surface area contributed by atoms with E-state index in [4.69, 9.17) is 4.74 Å². The van der Waals surface area contributed by atoms with Crippen LogP contribution in [0.5, 0.6) is 0 Å². The summed E-state index contributed by atoms with van der Waals surface area (Å²) in [6.45, 7) is 3.76. The Morgan fingerprint density at radius 1 is 1.31 bits per heavy atom. The number of hydrogen-bond donors (Lipinski definition) is 1. The predicted molar refractivity (Wildman–Crippen MR) is 66.9 cm³/mol. The molecule has 0 amide bonds. The fourth-order valence-corrected chi connectivity index (χ4v) is 2.61. The Hall–Kier alpha value is -0.510. The van der Waals surface area contributed by atoms with E-state index in [2.05, 4.69) is 31.2 Å². The van der Waals surface area contributed by atoms with Crippen LogP contribution in [-0.4, -0.2) is 30.7 Å². The summed E-state index contributed by atoms with van der Waals surface area (Å²) in [5, 5.41) is 9.35. The predicted octanol–water partition coefficient (Wildman–Crippen LogP) is 2.35. The molecular weight excluding hydrogens is 220 g/mol. The Balaban J connectivity index is 1.99. The molecule has 88 valence electrons. The van der Waals surface area contributed by atoms with Gasteiger partial charge in [0.15, 0.2) is 0 Å². The Kier molecular flexibility index (Phi) is 3.90. The van der Waals surface area contributed by atoms with Gasteiger partial charge in [0.2, 0.25) is 0 Å². The molecule has 0 atom stereocenters. The maximum absolute atomic E-state index is 9.35. The molecule has 2 nitrogen and oxygen atoms in total. The summed E-state index contributed by atoms with van der Waals surface area (Å²) in [6, 6.07) is 8.64. The van der Waals surface area contributed by atoms with Gasteiger partial charge in [-0.25, -0.2) is 0 Å². The molecule has 1 N–H and O–H groups in total. The molecule has 3 heteroatoms. The van der Waals surface area contributed by atoms with Crippen LogP contribution < -0.4 is 0 Å². The van der Waals surface area contributed by atoms with Crippen molar-refractivity contribution in [2.24, 2.45) is 5.41 Å². The van der Waals surface area contributed by atoms with Crippen molar-refractivity contribution < 1.29 is 9.84 Å². The zero-order chi connectivity index (χ0) is 11.4. The molecule has 1 aliphatic heterocycles. The van der Waals surface area contributed by atoms with E-state index in [0.29, 0.717) is 13.2 Å². The van der Waals surface area contributed by atoms with E-state index >= 15 is 0 Å². The van der Waals surface area contributed by atoms with Gasteiger partial charge in [0.05, 0.1) is 19.8 Å². The van der Waals surface area contributed by atoms with E-state index < -0.39 is 0 Å². The number of ether oxygens (including phenoxy) is 1. The van der Waals surface area contributed by atoms with E-state index in [1.807, 2.05) is 11.8 Å². The van der Waals surface area contributed by atoms with Crippen molar-refractivity contribution >= 4 is 11.8 Å². The second kappa shape index (κ2) is 5.21. The summed E-state index contributed by atoms with van der Waals surface area (Å²) >= 11 is 1.85. The SMILES string of the molecule is CCSc1ccc(CC2(CO)COC2)cc1. The van der Waals surface area contributed by atoms with Crippen LogP contribution in [0.4, 0.5) is 0 Å². The van der Waals surface area contributed by atoms with Gasteiger partial charge in [-0.1, -0.05) is 19.1 Å². The molecule has 0 spiro atoms. The first-order valence-corrected chi connectivity index (χ1v) is 6.67. The van der Waals surface area contributed by atoms with Crippen LogP contribution in [-0.2, 0) is 11.2 Å². The lowest BCUT2D eigenvalue weighted by molar-refractivity contribution is -0.136. The molecule has 0 bridgehead atoms. The highest BCUT2D eigenvalue weighted by atomic mass is 32.2. The van der Waals surface area contributed by atoms with Crippen molar-refractivity contribution in [3.8, 4) is 0 Å². The fourth-order valence-electron chi connectivity index (χ4n) is 1.94. The zero-order valence-electron chi connectivity index (χ0n) is 9.61. The molecule has 0 saturated carbocycles. The van der Waals surface area contributed by atoms with Crippen molar-refractivity contribution in [3.63, 3.8) is 0 Å². The molecule has 1 fully saturated rings. The van der Waals surface area contributed by atoms with Crippen LogP contribution in [0.2, 0.25) is 0 Å². The Morgan fingerprint density at radius 2 is 2.00 bits per heavy atom. The van der Waals surface area contributed by atoms with Crippen LogP contribution in [0, 0.1) is 5.41 Å². The van der Waals surface area contributed by atoms with E-state index in [1.54, 1.807) is 0 Å². The van der Waals surface area contributed by atoms with E-state index in [1.165, 1.54) is 10.5 Å². The lowest BCUT2D eigenvalue weighted by Crippen LogP contribution is -2.47. The van der Waals surface area contributed by atoms with Crippen molar-refractivity contribution in [2.45, 2.75) is 18.2 Å². The third-order valence-electron chi connectivity index (χ3n) is 2.97. The maximum Gasteiger partial charge on any atom is 0.0570 e. The van der Waals surface area contributed by atoms with Gasteiger partial charge in [0.25, 0.3) is 0 Å². The van der Waals surface area contributed by atoms with Crippen molar-refractivity contribution in [3.05, 3.63) is 29.8 Å². The minimum Gasteiger partial charge on any atom is -0.396 e. The third-order valence-corrected chi connectivity index (χ3v) is 3.86. The summed E-state index contributed by atoms with van der Waals surface area (Å²) in [6.07, 6.45) is 0.917. The van der Waals surface area contributed by atoms with Crippen molar-refractivity contribution in [1.29, 1.82) is 0 Å². The van der Waals surface area contributed by atoms with Gasteiger partial charge in [0, 0.05) is 10.3 Å². The molecular formula is C13H18O2S. The van der Waals surface area contributed by atoms with E-state index in [0.717, 1.165) is 12.2 Å². The average Bonchev–Trinajstić information content (AvgIpc) is 2.26. The Bertz CT molecular complexity index is 325. The van der Waals surface area contributed by atoms with Gasteiger partial charge in [-0.3, -0.25) is 0 Å². The van der Waals surface area contributed by atoms with Crippen LogP contribution in [0.3, 0.4) is 0 Å². The third kappa shape index (κ3) is 2.59. The Morgan fingerprint density at radius 3 is 2.44 bits per heavy atom. The second-order valence-corrected chi connectivity index (χ2v) is 5.74. The highest BCUT2D eigenvalue weighted by Crippen LogP contribution is 2.31. The quantitative estimate of drug-likeness (QED) is 0.799. The van der Waals surface area contributed by atoms with Gasteiger partial charge >= 0.3 is 0 Å². The van der Waals surface area contributed by atoms with Crippen LogP contribution in [0.25, 0.3) is 0 Å². The summed E-state index contributed by atoms with van der Waals surface area (Å²) in [7, 11) is 0. The number of aliphatic hydroxyl groups is 1. The summed E-state index contributed by atoms with van der Waals surface area (Å²) in [5.41, 5.74) is 1.28. The summed E-state index contributed by atoms with van der Waals surface area (Å²) in [5.74, 6) is 1.10. The molecule has 2 rings (SSSR count). The highest BCUT2D eigenvalue weighted by Gasteiger charge is 2.37. The van der Waals surface area contributed by atoms with Gasteiger partial charge in [0.1, 0.15) is 0 Å². The lowest BCUT2D eigenvalue weighted by Gasteiger charge is -2.40. The normalized spacial score (nSPS) is 18.1. The first kappa shape index (κ1) is 12.0. The topological polar surface area (TPSA) is 29.5 Å². The Labute approximate surface area is 101 Å². The van der Waals surface area contributed by atoms with Gasteiger partial charge in [-0.15, -0.1) is 11.8 Å². The number of hydrogen-bond acceptors (Lipinski definition) is 3. The smallest absolute Gasteiger partial charge is 0.0570 e. The molecule has 0 aliphatic carbocycles. The largest absolute Gasteiger partial charge is 0.396 e. The van der Waals surface area contributed by atoms with Crippen LogP contribution in [0.15, 0.2) is 29.2 Å². The minimum absolute atomic E-state index is 0.0145. The van der Waals surface area contributed by atoms with Gasteiger partial charge in [-0.05, 0) is 29.9 Å². The molecule has 16 heavy (non-hydrogen) atoms. The van der Waals surface area contributed by atoms with Crippen molar-refractivity contribution in [1.82, 2.24) is 0 Å². The summed E-state index contributed by atoms with van der Waals surface area (Å²) < 4.78 is 5.20. The first-order valence-electron chi connectivity index (χ1n) is 5.68.